The largest absolute Gasteiger partial charge is 0.495 e. The van der Waals surface area contributed by atoms with Gasteiger partial charge in [-0.2, -0.15) is 0 Å². The van der Waals surface area contributed by atoms with Crippen LogP contribution in [0.4, 0.5) is 5.69 Å². The van der Waals surface area contributed by atoms with Crippen LogP contribution in [0.2, 0.25) is 0 Å². The number of para-hydroxylation sites is 1. The highest BCUT2D eigenvalue weighted by Gasteiger charge is 2.06. The number of aromatic amines is 1. The first-order chi connectivity index (χ1) is 9.78. The van der Waals surface area contributed by atoms with E-state index in [-0.39, 0.29) is 0 Å². The highest BCUT2D eigenvalue weighted by molar-refractivity contribution is 9.10. The fraction of sp³-hybridized carbons (Fsp3) is 0.125. The normalized spacial score (nSPS) is 10.7. The van der Waals surface area contributed by atoms with Gasteiger partial charge in [0, 0.05) is 28.1 Å². The molecule has 0 saturated carbocycles. The molecule has 0 aliphatic rings. The number of nitrogens with one attached hydrogen (secondary N) is 2. The summed E-state index contributed by atoms with van der Waals surface area (Å²) in [4.78, 5) is 3.28. The minimum atomic E-state index is 0.747. The van der Waals surface area contributed by atoms with Crippen LogP contribution < -0.4 is 10.1 Å². The molecule has 3 rings (SSSR count). The number of ether oxygens (including phenoxy) is 1. The average Bonchev–Trinajstić information content (AvgIpc) is 2.88. The molecular weight excluding hydrogens is 316 g/mol. The van der Waals surface area contributed by atoms with Gasteiger partial charge in [-0.1, -0.05) is 34.1 Å². The fourth-order valence-electron chi connectivity index (χ4n) is 2.29. The van der Waals surface area contributed by atoms with Crippen LogP contribution >= 0.6 is 15.9 Å². The van der Waals surface area contributed by atoms with Crippen molar-refractivity contribution in [3.8, 4) is 5.75 Å². The third kappa shape index (κ3) is 2.51. The van der Waals surface area contributed by atoms with Crippen molar-refractivity contribution < 1.29 is 4.74 Å². The number of rotatable bonds is 4. The Hall–Kier alpha value is -1.94. The van der Waals surface area contributed by atoms with Crippen molar-refractivity contribution in [3.63, 3.8) is 0 Å². The van der Waals surface area contributed by atoms with E-state index < -0.39 is 0 Å². The van der Waals surface area contributed by atoms with Gasteiger partial charge < -0.3 is 15.0 Å². The molecule has 0 unspecified atom stereocenters. The molecule has 2 N–H and O–H groups in total. The topological polar surface area (TPSA) is 37.0 Å². The number of hydrogen-bond donors (Lipinski definition) is 2. The molecule has 4 heteroatoms. The van der Waals surface area contributed by atoms with Gasteiger partial charge in [-0.25, -0.2) is 0 Å². The zero-order valence-electron chi connectivity index (χ0n) is 11.1. The Morgan fingerprint density at radius 3 is 2.90 bits per heavy atom. The summed E-state index contributed by atoms with van der Waals surface area (Å²) in [6.07, 6.45) is 2.04. The summed E-state index contributed by atoms with van der Waals surface area (Å²) in [5.41, 5.74) is 3.38. The summed E-state index contributed by atoms with van der Waals surface area (Å²) in [6, 6.07) is 14.2. The van der Waals surface area contributed by atoms with Crippen molar-refractivity contribution in [1.29, 1.82) is 0 Å². The van der Waals surface area contributed by atoms with Crippen LogP contribution in [0, 0.1) is 0 Å². The molecule has 20 heavy (non-hydrogen) atoms. The molecule has 0 amide bonds. The molecule has 0 aliphatic carbocycles. The number of hydrogen-bond acceptors (Lipinski definition) is 2. The summed E-state index contributed by atoms with van der Waals surface area (Å²) in [6.45, 7) is 0.747. The summed E-state index contributed by atoms with van der Waals surface area (Å²) in [7, 11) is 1.68. The molecule has 0 fully saturated rings. The summed E-state index contributed by atoms with van der Waals surface area (Å²) >= 11 is 3.48. The minimum absolute atomic E-state index is 0.747. The molecule has 1 aromatic heterocycles. The van der Waals surface area contributed by atoms with E-state index in [9.17, 15) is 0 Å². The number of anilines is 1. The second-order valence-electron chi connectivity index (χ2n) is 4.56. The van der Waals surface area contributed by atoms with Gasteiger partial charge in [0.15, 0.2) is 0 Å². The van der Waals surface area contributed by atoms with E-state index in [0.717, 1.165) is 28.0 Å². The summed E-state index contributed by atoms with van der Waals surface area (Å²) in [5.74, 6) is 0.841. The van der Waals surface area contributed by atoms with E-state index in [0.29, 0.717) is 0 Å². The zero-order valence-corrected chi connectivity index (χ0v) is 12.7. The van der Waals surface area contributed by atoms with Gasteiger partial charge in [0.25, 0.3) is 0 Å². The van der Waals surface area contributed by atoms with Gasteiger partial charge in [-0.05, 0) is 29.8 Å². The lowest BCUT2D eigenvalue weighted by Crippen LogP contribution is -2.00. The number of methoxy groups -OCH3 is 1. The van der Waals surface area contributed by atoms with Gasteiger partial charge >= 0.3 is 0 Å². The van der Waals surface area contributed by atoms with Crippen LogP contribution in [0.15, 0.2) is 53.1 Å². The molecule has 0 saturated heterocycles. The second kappa shape index (κ2) is 5.59. The second-order valence-corrected chi connectivity index (χ2v) is 5.47. The van der Waals surface area contributed by atoms with E-state index in [1.54, 1.807) is 7.11 Å². The highest BCUT2D eigenvalue weighted by atomic mass is 79.9. The third-order valence-electron chi connectivity index (χ3n) is 3.31. The van der Waals surface area contributed by atoms with Crippen molar-refractivity contribution in [2.75, 3.05) is 12.4 Å². The molecular formula is C16H15BrN2O. The van der Waals surface area contributed by atoms with Gasteiger partial charge in [0.05, 0.1) is 12.8 Å². The molecule has 0 radical (unpaired) electrons. The molecule has 0 atom stereocenters. The van der Waals surface area contributed by atoms with E-state index in [4.69, 9.17) is 4.74 Å². The molecule has 2 aromatic carbocycles. The van der Waals surface area contributed by atoms with Crippen molar-refractivity contribution in [1.82, 2.24) is 4.98 Å². The smallest absolute Gasteiger partial charge is 0.142 e. The Kier molecular flexibility index (Phi) is 3.65. The van der Waals surface area contributed by atoms with Crippen LogP contribution in [0.3, 0.4) is 0 Å². The highest BCUT2D eigenvalue weighted by Crippen LogP contribution is 2.29. The zero-order chi connectivity index (χ0) is 13.9. The number of fused-ring (bicyclic) bond motifs is 1. The van der Waals surface area contributed by atoms with Crippen LogP contribution in [-0.4, -0.2) is 12.1 Å². The lowest BCUT2D eigenvalue weighted by atomic mass is 10.1. The molecule has 0 spiro atoms. The minimum Gasteiger partial charge on any atom is -0.495 e. The van der Waals surface area contributed by atoms with Crippen LogP contribution in [0.5, 0.6) is 5.75 Å². The van der Waals surface area contributed by atoms with Gasteiger partial charge in [-0.3, -0.25) is 0 Å². The van der Waals surface area contributed by atoms with E-state index >= 15 is 0 Å². The molecule has 0 bridgehead atoms. The van der Waals surface area contributed by atoms with Gasteiger partial charge in [-0.15, -0.1) is 0 Å². The number of H-pyrrole nitrogens is 1. The van der Waals surface area contributed by atoms with E-state index in [1.165, 1.54) is 10.9 Å². The number of aromatic nitrogens is 1. The Labute approximate surface area is 126 Å². The first-order valence-corrected chi connectivity index (χ1v) is 7.19. The molecule has 0 aliphatic heterocycles. The van der Waals surface area contributed by atoms with E-state index in [1.807, 2.05) is 30.5 Å². The SMILES string of the molecule is COc1ccc(Br)cc1NCc1c[nH]c2ccccc12. The molecule has 102 valence electrons. The Morgan fingerprint density at radius 2 is 2.05 bits per heavy atom. The van der Waals surface area contributed by atoms with Crippen molar-refractivity contribution in [3.05, 3.63) is 58.7 Å². The first-order valence-electron chi connectivity index (χ1n) is 6.40. The lowest BCUT2D eigenvalue weighted by molar-refractivity contribution is 0.416. The van der Waals surface area contributed by atoms with E-state index in [2.05, 4.69) is 44.4 Å². The van der Waals surface area contributed by atoms with Crippen LogP contribution in [-0.2, 0) is 6.54 Å². The fourth-order valence-corrected chi connectivity index (χ4v) is 2.65. The van der Waals surface area contributed by atoms with Crippen LogP contribution in [0.25, 0.3) is 10.9 Å². The standard InChI is InChI=1S/C16H15BrN2O/c1-20-16-7-6-12(17)8-15(16)19-10-11-9-18-14-5-3-2-4-13(11)14/h2-9,18-19H,10H2,1H3. The first kappa shape index (κ1) is 13.1. The Balaban J connectivity index is 1.84. The Bertz CT molecular complexity index is 736. The predicted octanol–water partition coefficient (Wildman–Crippen LogP) is 4.55. The number of halogens is 1. The average molecular weight is 331 g/mol. The van der Waals surface area contributed by atoms with Crippen molar-refractivity contribution >= 4 is 32.5 Å². The van der Waals surface area contributed by atoms with Crippen molar-refractivity contribution in [2.45, 2.75) is 6.54 Å². The summed E-state index contributed by atoms with van der Waals surface area (Å²) in [5, 5.41) is 4.67. The maximum atomic E-state index is 5.37. The lowest BCUT2D eigenvalue weighted by Gasteiger charge is -2.11. The predicted molar refractivity (Wildman–Crippen MR) is 86.3 cm³/mol. The van der Waals surface area contributed by atoms with Crippen molar-refractivity contribution in [2.24, 2.45) is 0 Å². The Morgan fingerprint density at radius 1 is 1.20 bits per heavy atom. The molecule has 1 heterocycles. The monoisotopic (exact) mass is 330 g/mol. The quantitative estimate of drug-likeness (QED) is 0.736. The summed E-state index contributed by atoms with van der Waals surface area (Å²) < 4.78 is 6.39. The number of benzene rings is 2. The van der Waals surface area contributed by atoms with Gasteiger partial charge in [0.1, 0.15) is 5.75 Å². The van der Waals surface area contributed by atoms with Gasteiger partial charge in [0.2, 0.25) is 0 Å². The third-order valence-corrected chi connectivity index (χ3v) is 3.80. The van der Waals surface area contributed by atoms with Crippen LogP contribution in [0.1, 0.15) is 5.56 Å². The maximum absolute atomic E-state index is 5.37. The molecule has 3 aromatic rings. The maximum Gasteiger partial charge on any atom is 0.142 e. The molecule has 3 nitrogen and oxygen atoms in total.